The van der Waals surface area contributed by atoms with Gasteiger partial charge in [-0.15, -0.1) is 0 Å². The molecule has 9 aromatic rings. The van der Waals surface area contributed by atoms with Crippen molar-refractivity contribution in [3.63, 3.8) is 0 Å². The van der Waals surface area contributed by atoms with E-state index >= 15 is 0 Å². The average Bonchev–Trinajstić information content (AvgIpc) is 3.63. The highest BCUT2D eigenvalue weighted by molar-refractivity contribution is 6.10. The van der Waals surface area contributed by atoms with Crippen molar-refractivity contribution in [2.45, 2.75) is 19.3 Å². The Bertz CT molecular complexity index is 2770. The van der Waals surface area contributed by atoms with E-state index in [1.165, 1.54) is 71.6 Å². The third-order valence-electron chi connectivity index (χ3n) is 11.0. The molecule has 1 aliphatic rings. The van der Waals surface area contributed by atoms with Crippen LogP contribution in [0.4, 0.5) is 17.1 Å². The van der Waals surface area contributed by atoms with E-state index in [1.54, 1.807) is 0 Å². The van der Waals surface area contributed by atoms with Gasteiger partial charge in [-0.25, -0.2) is 0 Å². The van der Waals surface area contributed by atoms with Crippen LogP contribution < -0.4 is 4.90 Å². The number of anilines is 3. The maximum Gasteiger partial charge on any atom is 0.0541 e. The molecule has 0 amide bonds. The molecule has 0 saturated heterocycles. The minimum atomic E-state index is -0.0333. The molecule has 0 fully saturated rings. The van der Waals surface area contributed by atoms with E-state index in [9.17, 15) is 0 Å². The predicted molar refractivity (Wildman–Crippen MR) is 216 cm³/mol. The number of benzene rings is 8. The minimum absolute atomic E-state index is 0.0333. The van der Waals surface area contributed by atoms with Crippen molar-refractivity contribution in [1.29, 1.82) is 0 Å². The Kier molecular flexibility index (Phi) is 6.56. The standard InChI is InChI=1S/C49H36N2/c1-49(2)45-18-10-8-16-41(45)43-32-40(27-28-46(43)49)50(39-26-22-33-12-6-7-13-35(33)30-39)38-24-20-34(21-25-38)36-23-29-48-44(31-36)42-17-9-11-19-47(42)51(48)37-14-4-3-5-15-37/h3-32H,1-2H3. The number of para-hydroxylation sites is 2. The molecule has 0 radical (unpaired) electrons. The maximum atomic E-state index is 2.40. The Morgan fingerprint density at radius 3 is 1.90 bits per heavy atom. The van der Waals surface area contributed by atoms with Crippen molar-refractivity contribution in [2.24, 2.45) is 0 Å². The molecule has 0 atom stereocenters. The molecule has 2 heteroatoms. The first-order valence-corrected chi connectivity index (χ1v) is 17.8. The molecule has 0 spiro atoms. The van der Waals surface area contributed by atoms with E-state index in [0.717, 1.165) is 17.1 Å². The number of aromatic nitrogens is 1. The normalized spacial score (nSPS) is 13.1. The quantitative estimate of drug-likeness (QED) is 0.180. The van der Waals surface area contributed by atoms with Crippen LogP contribution in [-0.2, 0) is 5.41 Å². The lowest BCUT2D eigenvalue weighted by Crippen LogP contribution is -2.15. The topological polar surface area (TPSA) is 8.17 Å². The van der Waals surface area contributed by atoms with E-state index in [4.69, 9.17) is 0 Å². The molecule has 0 unspecified atom stereocenters. The number of hydrogen-bond donors (Lipinski definition) is 0. The van der Waals surface area contributed by atoms with Crippen molar-refractivity contribution in [3.8, 4) is 27.9 Å². The van der Waals surface area contributed by atoms with Crippen LogP contribution in [0.25, 0.3) is 60.5 Å². The van der Waals surface area contributed by atoms with Crippen LogP contribution in [0.2, 0.25) is 0 Å². The first kappa shape index (κ1) is 29.5. The second-order valence-electron chi connectivity index (χ2n) is 14.2. The van der Waals surface area contributed by atoms with Crippen molar-refractivity contribution >= 4 is 49.6 Å². The molecule has 0 aliphatic heterocycles. The summed E-state index contributed by atoms with van der Waals surface area (Å²) in [5, 5.41) is 4.99. The van der Waals surface area contributed by atoms with Gasteiger partial charge >= 0.3 is 0 Å². The fourth-order valence-electron chi connectivity index (χ4n) is 8.42. The van der Waals surface area contributed by atoms with Crippen LogP contribution in [0.5, 0.6) is 0 Å². The molecular weight excluding hydrogens is 617 g/mol. The van der Waals surface area contributed by atoms with E-state index in [2.05, 4.69) is 205 Å². The Hall–Kier alpha value is -6.38. The highest BCUT2D eigenvalue weighted by Gasteiger charge is 2.35. The summed E-state index contributed by atoms with van der Waals surface area (Å²) in [6.45, 7) is 4.68. The van der Waals surface area contributed by atoms with Crippen LogP contribution in [0, 0.1) is 0 Å². The van der Waals surface area contributed by atoms with Gasteiger partial charge in [0.1, 0.15) is 0 Å². The van der Waals surface area contributed by atoms with E-state index < -0.39 is 0 Å². The van der Waals surface area contributed by atoms with Gasteiger partial charge in [0.15, 0.2) is 0 Å². The molecule has 2 nitrogen and oxygen atoms in total. The number of rotatable bonds is 5. The van der Waals surface area contributed by atoms with Crippen LogP contribution in [0.3, 0.4) is 0 Å². The molecule has 0 N–H and O–H groups in total. The molecule has 8 aromatic carbocycles. The summed E-state index contributed by atoms with van der Waals surface area (Å²) < 4.78 is 2.37. The third-order valence-corrected chi connectivity index (χ3v) is 11.0. The zero-order chi connectivity index (χ0) is 34.1. The van der Waals surface area contributed by atoms with Gasteiger partial charge in [-0.2, -0.15) is 0 Å². The summed E-state index contributed by atoms with van der Waals surface area (Å²) in [7, 11) is 0. The lowest BCUT2D eigenvalue weighted by Gasteiger charge is -2.27. The summed E-state index contributed by atoms with van der Waals surface area (Å²) in [6.07, 6.45) is 0. The summed E-state index contributed by atoms with van der Waals surface area (Å²) in [5.74, 6) is 0. The van der Waals surface area contributed by atoms with Gasteiger partial charge in [-0.3, -0.25) is 0 Å². The van der Waals surface area contributed by atoms with Crippen molar-refractivity contribution in [2.75, 3.05) is 4.90 Å². The van der Waals surface area contributed by atoms with Gasteiger partial charge < -0.3 is 9.47 Å². The summed E-state index contributed by atoms with van der Waals surface area (Å²) in [4.78, 5) is 2.40. The number of hydrogen-bond acceptors (Lipinski definition) is 1. The molecule has 51 heavy (non-hydrogen) atoms. The first-order valence-electron chi connectivity index (χ1n) is 17.8. The molecule has 0 bridgehead atoms. The van der Waals surface area contributed by atoms with Gasteiger partial charge in [0.25, 0.3) is 0 Å². The largest absolute Gasteiger partial charge is 0.310 e. The fourth-order valence-corrected chi connectivity index (χ4v) is 8.42. The molecule has 0 saturated carbocycles. The maximum absolute atomic E-state index is 2.40. The predicted octanol–water partition coefficient (Wildman–Crippen LogP) is 13.4. The van der Waals surface area contributed by atoms with Crippen LogP contribution in [0.1, 0.15) is 25.0 Å². The van der Waals surface area contributed by atoms with Gasteiger partial charge in [0.05, 0.1) is 11.0 Å². The Morgan fingerprint density at radius 2 is 1.04 bits per heavy atom. The third kappa shape index (κ3) is 4.64. The van der Waals surface area contributed by atoms with E-state index in [1.807, 2.05) is 0 Å². The summed E-state index contributed by atoms with van der Waals surface area (Å²) >= 11 is 0. The second-order valence-corrected chi connectivity index (χ2v) is 14.2. The molecule has 1 aromatic heterocycles. The van der Waals surface area contributed by atoms with Crippen molar-refractivity contribution in [3.05, 3.63) is 193 Å². The SMILES string of the molecule is CC1(C)c2ccccc2-c2cc(N(c3ccc(-c4ccc5c(c4)c4ccccc4n5-c4ccccc4)cc3)c3ccc4ccccc4c3)ccc21. The molecule has 1 aliphatic carbocycles. The lowest BCUT2D eigenvalue weighted by molar-refractivity contribution is 0.660. The van der Waals surface area contributed by atoms with Crippen molar-refractivity contribution < 1.29 is 0 Å². The van der Waals surface area contributed by atoms with Gasteiger partial charge in [0, 0.05) is 38.9 Å². The zero-order valence-corrected chi connectivity index (χ0v) is 28.7. The molecule has 10 rings (SSSR count). The fraction of sp³-hybridized carbons (Fsp3) is 0.0612. The van der Waals surface area contributed by atoms with Gasteiger partial charge in [-0.05, 0) is 111 Å². The van der Waals surface area contributed by atoms with Crippen LogP contribution in [0.15, 0.2) is 182 Å². The highest BCUT2D eigenvalue weighted by atomic mass is 15.1. The van der Waals surface area contributed by atoms with Crippen LogP contribution in [-0.4, -0.2) is 4.57 Å². The van der Waals surface area contributed by atoms with Crippen LogP contribution >= 0.6 is 0 Å². The van der Waals surface area contributed by atoms with Crippen molar-refractivity contribution in [1.82, 2.24) is 4.57 Å². The van der Waals surface area contributed by atoms with E-state index in [-0.39, 0.29) is 5.41 Å². The lowest BCUT2D eigenvalue weighted by atomic mass is 9.82. The monoisotopic (exact) mass is 652 g/mol. The molecule has 1 heterocycles. The number of fused-ring (bicyclic) bond motifs is 7. The second kappa shape index (κ2) is 11.3. The summed E-state index contributed by atoms with van der Waals surface area (Å²) in [6, 6.07) is 66.7. The minimum Gasteiger partial charge on any atom is -0.310 e. The zero-order valence-electron chi connectivity index (χ0n) is 28.7. The Labute approximate surface area is 298 Å². The Balaban J connectivity index is 1.10. The molecular formula is C49H36N2. The van der Waals surface area contributed by atoms with Gasteiger partial charge in [-0.1, -0.05) is 129 Å². The summed E-state index contributed by atoms with van der Waals surface area (Å²) in [5.41, 5.74) is 14.8. The average molecular weight is 653 g/mol. The molecule has 242 valence electrons. The Morgan fingerprint density at radius 1 is 0.412 bits per heavy atom. The number of nitrogens with zero attached hydrogens (tertiary/aromatic N) is 2. The smallest absolute Gasteiger partial charge is 0.0541 e. The van der Waals surface area contributed by atoms with E-state index in [0.29, 0.717) is 0 Å². The highest BCUT2D eigenvalue weighted by Crippen LogP contribution is 2.50. The first-order chi connectivity index (χ1) is 25.0. The van der Waals surface area contributed by atoms with Gasteiger partial charge in [0.2, 0.25) is 0 Å².